The number of hydrogen-bond donors (Lipinski definition) is 6. The Bertz CT molecular complexity index is 358. The van der Waals surface area contributed by atoms with Gasteiger partial charge >= 0.3 is 5.97 Å². The average Bonchev–Trinajstić information content (AvgIpc) is 2.45. The lowest BCUT2D eigenvalue weighted by atomic mass is 9.99. The molecule has 0 aromatic heterocycles. The van der Waals surface area contributed by atoms with E-state index in [0.717, 1.165) is 0 Å². The third-order valence-corrected chi connectivity index (χ3v) is 2.90. The lowest BCUT2D eigenvalue weighted by Crippen LogP contribution is -2.58. The molecule has 1 aliphatic heterocycles. The zero-order valence-corrected chi connectivity index (χ0v) is 10.5. The van der Waals surface area contributed by atoms with E-state index in [-0.39, 0.29) is 5.57 Å². The topological polar surface area (TPSA) is 157 Å². The van der Waals surface area contributed by atoms with Crippen molar-refractivity contribution in [1.82, 2.24) is 0 Å². The maximum Gasteiger partial charge on any atom is 0.336 e. The molecule has 0 aromatic carbocycles. The van der Waals surface area contributed by atoms with E-state index < -0.39 is 56.0 Å². The summed E-state index contributed by atoms with van der Waals surface area (Å²) in [7, 11) is 0. The van der Waals surface area contributed by atoms with E-state index in [0.29, 0.717) is 0 Å². The smallest absolute Gasteiger partial charge is 0.336 e. The molecule has 0 spiro atoms. The molecule has 20 heavy (non-hydrogen) atoms. The van der Waals surface area contributed by atoms with E-state index in [1.54, 1.807) is 0 Å². The zero-order valence-electron chi connectivity index (χ0n) is 10.5. The normalized spacial score (nSPS) is 35.4. The van der Waals surface area contributed by atoms with Gasteiger partial charge in [0.05, 0.1) is 12.2 Å². The van der Waals surface area contributed by atoms with Gasteiger partial charge in [-0.2, -0.15) is 0 Å². The largest absolute Gasteiger partial charge is 0.459 e. The monoisotopic (exact) mass is 294 g/mol. The van der Waals surface area contributed by atoms with Gasteiger partial charge in [-0.1, -0.05) is 6.58 Å². The Morgan fingerprint density at radius 2 is 1.80 bits per heavy atom. The van der Waals surface area contributed by atoms with E-state index in [9.17, 15) is 25.2 Å². The second-order valence-corrected chi connectivity index (χ2v) is 4.36. The van der Waals surface area contributed by atoms with Crippen molar-refractivity contribution in [2.24, 2.45) is 0 Å². The van der Waals surface area contributed by atoms with Crippen LogP contribution in [-0.2, 0) is 14.3 Å². The fraction of sp³-hybridized carbons (Fsp3) is 0.727. The standard InChI is InChI=1S/C11H18O9/c1-4(5(13)2-12)10(17)19-3-6-7(14)8(15)9(16)11(18)20-6/h5-9,11-16,18H,1-3H2/t5-,6-,7-,8+,9-,11-/m1/s1. The maximum atomic E-state index is 11.4. The zero-order chi connectivity index (χ0) is 15.4. The molecule has 6 N–H and O–H groups in total. The van der Waals surface area contributed by atoms with Crippen molar-refractivity contribution < 1.29 is 44.9 Å². The van der Waals surface area contributed by atoms with Gasteiger partial charge < -0.3 is 40.1 Å². The van der Waals surface area contributed by atoms with Crippen LogP contribution >= 0.6 is 0 Å². The Labute approximate surface area is 114 Å². The van der Waals surface area contributed by atoms with Crippen molar-refractivity contribution in [1.29, 1.82) is 0 Å². The summed E-state index contributed by atoms with van der Waals surface area (Å²) in [5, 5.41) is 55.3. The Hall–Kier alpha value is -1.07. The molecule has 1 fully saturated rings. The number of hydrogen-bond acceptors (Lipinski definition) is 9. The molecule has 1 aliphatic rings. The second kappa shape index (κ2) is 7.09. The van der Waals surface area contributed by atoms with E-state index >= 15 is 0 Å². The van der Waals surface area contributed by atoms with E-state index in [2.05, 4.69) is 11.3 Å². The maximum absolute atomic E-state index is 11.4. The van der Waals surface area contributed by atoms with Crippen LogP contribution in [0.4, 0.5) is 0 Å². The van der Waals surface area contributed by atoms with Crippen molar-refractivity contribution in [2.45, 2.75) is 36.8 Å². The first-order valence-corrected chi connectivity index (χ1v) is 5.82. The van der Waals surface area contributed by atoms with Crippen LogP contribution in [0.2, 0.25) is 0 Å². The summed E-state index contributed by atoms with van der Waals surface area (Å²) < 4.78 is 9.45. The fourth-order valence-corrected chi connectivity index (χ4v) is 1.57. The summed E-state index contributed by atoms with van der Waals surface area (Å²) >= 11 is 0. The fourth-order valence-electron chi connectivity index (χ4n) is 1.57. The molecule has 9 nitrogen and oxygen atoms in total. The number of aliphatic hydroxyl groups excluding tert-OH is 6. The number of esters is 1. The van der Waals surface area contributed by atoms with E-state index in [4.69, 9.17) is 14.9 Å². The minimum Gasteiger partial charge on any atom is -0.459 e. The Balaban J connectivity index is 2.53. The summed E-state index contributed by atoms with van der Waals surface area (Å²) in [6.07, 6.45) is -9.37. The van der Waals surface area contributed by atoms with Gasteiger partial charge in [0, 0.05) is 0 Å². The highest BCUT2D eigenvalue weighted by molar-refractivity contribution is 5.88. The van der Waals surface area contributed by atoms with Gasteiger partial charge in [0.15, 0.2) is 6.29 Å². The predicted molar refractivity (Wildman–Crippen MR) is 62.1 cm³/mol. The van der Waals surface area contributed by atoms with Crippen LogP contribution in [0.15, 0.2) is 12.2 Å². The summed E-state index contributed by atoms with van der Waals surface area (Å²) in [6, 6.07) is 0. The third kappa shape index (κ3) is 3.73. The van der Waals surface area contributed by atoms with Crippen molar-refractivity contribution in [2.75, 3.05) is 13.2 Å². The molecular weight excluding hydrogens is 276 g/mol. The van der Waals surface area contributed by atoms with Crippen LogP contribution in [0.1, 0.15) is 0 Å². The van der Waals surface area contributed by atoms with E-state index in [1.807, 2.05) is 0 Å². The molecule has 0 aliphatic carbocycles. The molecule has 0 saturated carbocycles. The molecule has 0 radical (unpaired) electrons. The van der Waals surface area contributed by atoms with Crippen molar-refractivity contribution >= 4 is 5.97 Å². The molecular formula is C11H18O9. The first-order valence-electron chi connectivity index (χ1n) is 5.82. The van der Waals surface area contributed by atoms with Crippen LogP contribution in [0.5, 0.6) is 0 Å². The molecule has 1 rings (SSSR count). The van der Waals surface area contributed by atoms with Crippen molar-refractivity contribution in [3.8, 4) is 0 Å². The van der Waals surface area contributed by atoms with E-state index in [1.165, 1.54) is 0 Å². The van der Waals surface area contributed by atoms with Gasteiger partial charge in [0.2, 0.25) is 0 Å². The number of rotatable bonds is 5. The van der Waals surface area contributed by atoms with Gasteiger partial charge in [-0.15, -0.1) is 0 Å². The lowest BCUT2D eigenvalue weighted by molar-refractivity contribution is -0.287. The Morgan fingerprint density at radius 1 is 1.20 bits per heavy atom. The summed E-state index contributed by atoms with van der Waals surface area (Å²) in [5.74, 6) is -1.03. The van der Waals surface area contributed by atoms with Crippen LogP contribution in [0, 0.1) is 0 Å². The van der Waals surface area contributed by atoms with Crippen LogP contribution < -0.4 is 0 Å². The predicted octanol–water partition coefficient (Wildman–Crippen LogP) is -3.76. The lowest BCUT2D eigenvalue weighted by Gasteiger charge is -2.37. The number of carbonyl (C=O) groups excluding carboxylic acids is 1. The highest BCUT2D eigenvalue weighted by Gasteiger charge is 2.43. The third-order valence-electron chi connectivity index (χ3n) is 2.90. The Morgan fingerprint density at radius 3 is 2.35 bits per heavy atom. The summed E-state index contributed by atoms with van der Waals surface area (Å²) in [4.78, 5) is 11.4. The number of carbonyl (C=O) groups is 1. The number of ether oxygens (including phenoxy) is 2. The molecule has 0 amide bonds. The molecule has 0 bridgehead atoms. The molecule has 1 heterocycles. The van der Waals surface area contributed by atoms with Gasteiger partial charge in [0.25, 0.3) is 0 Å². The van der Waals surface area contributed by atoms with Crippen LogP contribution in [0.3, 0.4) is 0 Å². The van der Waals surface area contributed by atoms with Crippen molar-refractivity contribution in [3.05, 3.63) is 12.2 Å². The molecule has 0 unspecified atom stereocenters. The second-order valence-electron chi connectivity index (χ2n) is 4.36. The average molecular weight is 294 g/mol. The highest BCUT2D eigenvalue weighted by atomic mass is 16.6. The van der Waals surface area contributed by atoms with Crippen LogP contribution in [-0.4, -0.2) is 86.6 Å². The minimum atomic E-state index is -1.73. The Kier molecular flexibility index (Phi) is 6.02. The summed E-state index contributed by atoms with van der Waals surface area (Å²) in [5.41, 5.74) is -0.390. The first kappa shape index (κ1) is 17.0. The molecule has 0 aromatic rings. The van der Waals surface area contributed by atoms with Crippen molar-refractivity contribution in [3.63, 3.8) is 0 Å². The first-order chi connectivity index (χ1) is 9.29. The quantitative estimate of drug-likeness (QED) is 0.221. The highest BCUT2D eigenvalue weighted by Crippen LogP contribution is 2.20. The minimum absolute atomic E-state index is 0.390. The molecule has 1 saturated heterocycles. The molecule has 6 atom stereocenters. The van der Waals surface area contributed by atoms with Gasteiger partial charge in [-0.25, -0.2) is 4.79 Å². The molecule has 9 heteroatoms. The molecule has 116 valence electrons. The van der Waals surface area contributed by atoms with Gasteiger partial charge in [0.1, 0.15) is 37.1 Å². The van der Waals surface area contributed by atoms with Gasteiger partial charge in [-0.3, -0.25) is 0 Å². The SMILES string of the molecule is C=C(C(=O)OC[C@H]1O[C@@H](O)[C@H](O)[C@@H](O)[C@@H]1O)[C@H](O)CO. The summed E-state index contributed by atoms with van der Waals surface area (Å²) in [6.45, 7) is 1.97. The number of aliphatic hydroxyl groups is 6. The van der Waals surface area contributed by atoms with Gasteiger partial charge in [-0.05, 0) is 0 Å². The van der Waals surface area contributed by atoms with Crippen LogP contribution in [0.25, 0.3) is 0 Å².